The molecule has 2 nitrogen and oxygen atoms in total. The van der Waals surface area contributed by atoms with Crippen LogP contribution in [0.1, 0.15) is 30.5 Å². The van der Waals surface area contributed by atoms with Gasteiger partial charge in [0.05, 0.1) is 5.01 Å². The van der Waals surface area contributed by atoms with Crippen LogP contribution >= 0.6 is 11.3 Å². The van der Waals surface area contributed by atoms with Crippen molar-refractivity contribution in [2.45, 2.75) is 39.2 Å². The fourth-order valence-electron chi connectivity index (χ4n) is 1.40. The van der Waals surface area contributed by atoms with Crippen molar-refractivity contribution in [1.82, 2.24) is 10.3 Å². The lowest BCUT2D eigenvalue weighted by molar-refractivity contribution is 0.512. The van der Waals surface area contributed by atoms with Crippen LogP contribution in [-0.2, 0) is 6.42 Å². The molecular weight excluding hydrogens is 180 g/mol. The van der Waals surface area contributed by atoms with Gasteiger partial charge in [0.2, 0.25) is 0 Å². The van der Waals surface area contributed by atoms with E-state index in [1.807, 2.05) is 14.0 Å². The number of nitrogens with one attached hydrogen (secondary N) is 1. The highest BCUT2D eigenvalue weighted by molar-refractivity contribution is 7.09. The van der Waals surface area contributed by atoms with Gasteiger partial charge in [-0.1, -0.05) is 13.3 Å². The second-order valence-corrected chi connectivity index (χ2v) is 4.30. The summed E-state index contributed by atoms with van der Waals surface area (Å²) in [6, 6.07) is 0.593. The van der Waals surface area contributed by atoms with Gasteiger partial charge in [0, 0.05) is 23.5 Å². The maximum Gasteiger partial charge on any atom is 0.0943 e. The quantitative estimate of drug-likeness (QED) is 0.785. The van der Waals surface area contributed by atoms with Gasteiger partial charge in [0.1, 0.15) is 0 Å². The van der Waals surface area contributed by atoms with Crippen molar-refractivity contribution in [1.29, 1.82) is 0 Å². The van der Waals surface area contributed by atoms with Gasteiger partial charge < -0.3 is 5.32 Å². The molecule has 1 unspecified atom stereocenters. The van der Waals surface area contributed by atoms with E-state index in [1.54, 1.807) is 11.3 Å². The zero-order valence-corrected chi connectivity index (χ0v) is 9.45. The summed E-state index contributed by atoms with van der Waals surface area (Å²) in [5, 5.41) is 6.70. The molecule has 0 aliphatic rings. The third-order valence-electron chi connectivity index (χ3n) is 2.13. The first-order valence-electron chi connectivity index (χ1n) is 4.84. The van der Waals surface area contributed by atoms with Crippen LogP contribution in [0.3, 0.4) is 0 Å². The summed E-state index contributed by atoms with van der Waals surface area (Å²) in [6.45, 7) is 4.27. The average Bonchev–Trinajstić information content (AvgIpc) is 2.50. The van der Waals surface area contributed by atoms with Crippen LogP contribution < -0.4 is 5.32 Å². The first kappa shape index (κ1) is 10.7. The normalized spacial score (nSPS) is 13.2. The van der Waals surface area contributed by atoms with Crippen LogP contribution in [0.5, 0.6) is 0 Å². The third kappa shape index (κ3) is 3.44. The van der Waals surface area contributed by atoms with Gasteiger partial charge in [-0.2, -0.15) is 0 Å². The Morgan fingerprint density at radius 1 is 1.62 bits per heavy atom. The van der Waals surface area contributed by atoms with E-state index in [4.69, 9.17) is 0 Å². The molecule has 1 heterocycles. The Labute approximate surface area is 84.4 Å². The van der Waals surface area contributed by atoms with Gasteiger partial charge in [-0.3, -0.25) is 0 Å². The highest BCUT2D eigenvalue weighted by Crippen LogP contribution is 2.12. The maximum absolute atomic E-state index is 4.46. The third-order valence-corrected chi connectivity index (χ3v) is 3.12. The van der Waals surface area contributed by atoms with Crippen LogP contribution in [0.4, 0.5) is 0 Å². The number of rotatable bonds is 5. The number of thiazole rings is 1. The van der Waals surface area contributed by atoms with Crippen molar-refractivity contribution >= 4 is 11.3 Å². The number of likely N-dealkylation sites (N-methyl/N-ethyl adjacent to an activating group) is 1. The molecule has 0 aliphatic heterocycles. The van der Waals surface area contributed by atoms with E-state index in [0.29, 0.717) is 6.04 Å². The molecule has 1 aromatic rings. The molecule has 0 amide bonds. The Balaban J connectivity index is 2.46. The van der Waals surface area contributed by atoms with Crippen LogP contribution in [0.15, 0.2) is 5.38 Å². The van der Waals surface area contributed by atoms with Crippen molar-refractivity contribution in [3.63, 3.8) is 0 Å². The number of nitrogens with zero attached hydrogens (tertiary/aromatic N) is 1. The van der Waals surface area contributed by atoms with Crippen LogP contribution in [0.2, 0.25) is 0 Å². The van der Waals surface area contributed by atoms with E-state index >= 15 is 0 Å². The lowest BCUT2D eigenvalue weighted by Gasteiger charge is -2.12. The maximum atomic E-state index is 4.46. The van der Waals surface area contributed by atoms with E-state index in [0.717, 1.165) is 12.1 Å². The molecule has 0 saturated heterocycles. The first-order valence-corrected chi connectivity index (χ1v) is 5.72. The number of hydrogen-bond acceptors (Lipinski definition) is 3. The second kappa shape index (κ2) is 5.35. The minimum Gasteiger partial charge on any atom is -0.317 e. The molecule has 74 valence electrons. The Kier molecular flexibility index (Phi) is 4.39. The minimum atomic E-state index is 0.593. The zero-order valence-electron chi connectivity index (χ0n) is 8.63. The highest BCUT2D eigenvalue weighted by atomic mass is 32.1. The van der Waals surface area contributed by atoms with Crippen molar-refractivity contribution in [2.75, 3.05) is 7.05 Å². The fourth-order valence-corrected chi connectivity index (χ4v) is 2.26. The van der Waals surface area contributed by atoms with Gasteiger partial charge in [0.25, 0.3) is 0 Å². The second-order valence-electron chi connectivity index (χ2n) is 3.36. The van der Waals surface area contributed by atoms with E-state index in [-0.39, 0.29) is 0 Å². The molecule has 0 spiro atoms. The highest BCUT2D eigenvalue weighted by Gasteiger charge is 2.07. The first-order chi connectivity index (χ1) is 6.26. The van der Waals surface area contributed by atoms with E-state index < -0.39 is 0 Å². The molecule has 0 aromatic carbocycles. The van der Waals surface area contributed by atoms with Gasteiger partial charge in [-0.15, -0.1) is 11.3 Å². The molecule has 0 aliphatic carbocycles. The Morgan fingerprint density at radius 2 is 2.38 bits per heavy atom. The van der Waals surface area contributed by atoms with Crippen LogP contribution in [0, 0.1) is 6.92 Å². The van der Waals surface area contributed by atoms with Crippen molar-refractivity contribution in [3.8, 4) is 0 Å². The SMILES string of the molecule is CCCC(Cc1nc(C)cs1)NC. The van der Waals surface area contributed by atoms with Crippen LogP contribution in [0.25, 0.3) is 0 Å². The van der Waals surface area contributed by atoms with Crippen molar-refractivity contribution in [2.24, 2.45) is 0 Å². The largest absolute Gasteiger partial charge is 0.317 e. The van der Waals surface area contributed by atoms with Gasteiger partial charge >= 0.3 is 0 Å². The standard InChI is InChI=1S/C10H18N2S/c1-4-5-9(11-3)6-10-12-8(2)7-13-10/h7,9,11H,4-6H2,1-3H3. The Morgan fingerprint density at radius 3 is 2.85 bits per heavy atom. The van der Waals surface area contributed by atoms with Gasteiger partial charge in [-0.25, -0.2) is 4.98 Å². The molecule has 0 bridgehead atoms. The van der Waals surface area contributed by atoms with Gasteiger partial charge in [-0.05, 0) is 20.4 Å². The predicted octanol–water partition coefficient (Wildman–Crippen LogP) is 2.38. The van der Waals surface area contributed by atoms with Crippen LogP contribution in [-0.4, -0.2) is 18.1 Å². The molecule has 1 rings (SSSR count). The Hall–Kier alpha value is -0.410. The molecule has 0 radical (unpaired) electrons. The topological polar surface area (TPSA) is 24.9 Å². The van der Waals surface area contributed by atoms with Crippen molar-refractivity contribution < 1.29 is 0 Å². The molecule has 3 heteroatoms. The molecule has 13 heavy (non-hydrogen) atoms. The average molecular weight is 198 g/mol. The monoisotopic (exact) mass is 198 g/mol. The summed E-state index contributed by atoms with van der Waals surface area (Å²) in [5.41, 5.74) is 1.14. The van der Waals surface area contributed by atoms with Crippen molar-refractivity contribution in [3.05, 3.63) is 16.1 Å². The zero-order chi connectivity index (χ0) is 9.68. The summed E-state index contributed by atoms with van der Waals surface area (Å²) < 4.78 is 0. The number of aromatic nitrogens is 1. The fraction of sp³-hybridized carbons (Fsp3) is 0.700. The molecule has 1 N–H and O–H groups in total. The number of aryl methyl sites for hydroxylation is 1. The summed E-state index contributed by atoms with van der Waals surface area (Å²) in [7, 11) is 2.03. The van der Waals surface area contributed by atoms with E-state index in [2.05, 4.69) is 22.6 Å². The Bertz CT molecular complexity index is 245. The summed E-state index contributed by atoms with van der Waals surface area (Å²) in [5.74, 6) is 0. The lowest BCUT2D eigenvalue weighted by Crippen LogP contribution is -2.27. The molecule has 1 aromatic heterocycles. The predicted molar refractivity (Wildman–Crippen MR) is 58.3 cm³/mol. The minimum absolute atomic E-state index is 0.593. The summed E-state index contributed by atoms with van der Waals surface area (Å²) >= 11 is 1.77. The molecule has 1 atom stereocenters. The molecule has 0 fully saturated rings. The summed E-state index contributed by atoms with van der Waals surface area (Å²) in [6.07, 6.45) is 3.54. The molecular formula is C10H18N2S. The lowest BCUT2D eigenvalue weighted by atomic mass is 10.1. The molecule has 0 saturated carbocycles. The van der Waals surface area contributed by atoms with E-state index in [1.165, 1.54) is 17.8 Å². The van der Waals surface area contributed by atoms with E-state index in [9.17, 15) is 0 Å². The summed E-state index contributed by atoms with van der Waals surface area (Å²) in [4.78, 5) is 4.46. The number of hydrogen-bond donors (Lipinski definition) is 1. The van der Waals surface area contributed by atoms with Gasteiger partial charge in [0.15, 0.2) is 0 Å². The smallest absolute Gasteiger partial charge is 0.0943 e.